The largest absolute Gasteiger partial charge is 0.310 e. The summed E-state index contributed by atoms with van der Waals surface area (Å²) in [6.45, 7) is 0. The molecule has 2 aromatic heterocycles. The summed E-state index contributed by atoms with van der Waals surface area (Å²) in [6, 6.07) is 85.9. The molecule has 0 saturated carbocycles. The van der Waals surface area contributed by atoms with E-state index in [-0.39, 0.29) is 0 Å². The third-order valence-electron chi connectivity index (χ3n) is 12.0. The van der Waals surface area contributed by atoms with Gasteiger partial charge in [-0.2, -0.15) is 0 Å². The van der Waals surface area contributed by atoms with Crippen molar-refractivity contribution < 1.29 is 0 Å². The maximum absolute atomic E-state index is 2.44. The molecule has 0 aliphatic rings. The lowest BCUT2D eigenvalue weighted by Gasteiger charge is -2.33. The highest BCUT2D eigenvalue weighted by Crippen LogP contribution is 2.49. The zero-order chi connectivity index (χ0) is 41.7. The molecule has 0 saturated heterocycles. The van der Waals surface area contributed by atoms with Gasteiger partial charge in [0.25, 0.3) is 0 Å². The van der Waals surface area contributed by atoms with Crippen LogP contribution in [0.2, 0.25) is 0 Å². The van der Waals surface area contributed by atoms with Crippen molar-refractivity contribution in [2.24, 2.45) is 0 Å². The lowest BCUT2D eigenvalue weighted by atomic mass is 10.1. The van der Waals surface area contributed by atoms with Crippen molar-refractivity contribution in [3.63, 3.8) is 0 Å². The molecule has 0 unspecified atom stereocenters. The minimum atomic E-state index is 1.08. The molecule has 0 N–H and O–H groups in total. The van der Waals surface area contributed by atoms with Crippen LogP contribution in [-0.4, -0.2) is 0 Å². The summed E-state index contributed by atoms with van der Waals surface area (Å²) < 4.78 is 5.08. The summed E-state index contributed by atoms with van der Waals surface area (Å²) >= 11 is 3.70. The van der Waals surface area contributed by atoms with Gasteiger partial charge in [0.1, 0.15) is 0 Å². The topological polar surface area (TPSA) is 9.72 Å². The third-order valence-corrected chi connectivity index (χ3v) is 14.2. The van der Waals surface area contributed by atoms with Crippen molar-refractivity contribution in [1.82, 2.24) is 0 Å². The average molecular weight is 842 g/mol. The number of fused-ring (bicyclic) bond motifs is 7. The number of rotatable bonds is 9. The van der Waals surface area contributed by atoms with Crippen LogP contribution in [0.15, 0.2) is 237 Å². The van der Waals surface area contributed by atoms with Gasteiger partial charge in [0, 0.05) is 80.2 Å². The van der Waals surface area contributed by atoms with Gasteiger partial charge in [0.2, 0.25) is 0 Å². The predicted molar refractivity (Wildman–Crippen MR) is 274 cm³/mol. The van der Waals surface area contributed by atoms with Gasteiger partial charge in [0.15, 0.2) is 0 Å². The molecule has 0 spiro atoms. The van der Waals surface area contributed by atoms with E-state index in [1.54, 1.807) is 0 Å². The van der Waals surface area contributed by atoms with E-state index in [0.717, 1.165) is 51.2 Å². The molecule has 0 amide bonds. The van der Waals surface area contributed by atoms with Crippen LogP contribution < -0.4 is 14.7 Å². The quantitative estimate of drug-likeness (QED) is 0.143. The third kappa shape index (κ3) is 6.66. The molecular formula is C58H39N3S2. The molecule has 2 heterocycles. The summed E-state index contributed by atoms with van der Waals surface area (Å²) in [5, 5.41) is 7.49. The molecule has 10 aromatic carbocycles. The van der Waals surface area contributed by atoms with E-state index in [9.17, 15) is 0 Å². The van der Waals surface area contributed by atoms with Gasteiger partial charge in [-0.3, -0.25) is 0 Å². The highest BCUT2D eigenvalue weighted by atomic mass is 32.1. The molecule has 0 radical (unpaired) electrons. The van der Waals surface area contributed by atoms with Gasteiger partial charge in [-0.25, -0.2) is 0 Å². The molecular weight excluding hydrogens is 803 g/mol. The average Bonchev–Trinajstić information content (AvgIpc) is 3.91. The summed E-state index contributed by atoms with van der Waals surface area (Å²) in [7, 11) is 0. The highest BCUT2D eigenvalue weighted by molar-refractivity contribution is 7.26. The molecule has 5 heteroatoms. The number of thiophene rings is 2. The van der Waals surface area contributed by atoms with Crippen molar-refractivity contribution in [2.75, 3.05) is 14.7 Å². The van der Waals surface area contributed by atoms with E-state index < -0.39 is 0 Å². The van der Waals surface area contributed by atoms with Crippen molar-refractivity contribution in [3.8, 4) is 0 Å². The fourth-order valence-corrected chi connectivity index (χ4v) is 11.3. The lowest BCUT2D eigenvalue weighted by Crippen LogP contribution is -2.16. The van der Waals surface area contributed by atoms with Crippen LogP contribution in [0.5, 0.6) is 0 Å². The smallest absolute Gasteiger partial charge is 0.0702 e. The normalized spacial score (nSPS) is 11.5. The molecule has 0 atom stereocenters. The number of hydrogen-bond acceptors (Lipinski definition) is 5. The summed E-state index contributed by atoms with van der Waals surface area (Å²) in [6.07, 6.45) is 0. The predicted octanol–water partition coefficient (Wildman–Crippen LogP) is 18.0. The first-order valence-electron chi connectivity index (χ1n) is 21.2. The molecule has 3 nitrogen and oxygen atoms in total. The Morgan fingerprint density at radius 3 is 1.29 bits per heavy atom. The van der Waals surface area contributed by atoms with Gasteiger partial charge in [-0.05, 0) is 120 Å². The monoisotopic (exact) mass is 841 g/mol. The summed E-state index contributed by atoms with van der Waals surface area (Å²) in [5.74, 6) is 0. The zero-order valence-corrected chi connectivity index (χ0v) is 35.8. The van der Waals surface area contributed by atoms with Crippen molar-refractivity contribution in [3.05, 3.63) is 237 Å². The number of nitrogens with zero attached hydrogens (tertiary/aromatic N) is 3. The molecule has 12 rings (SSSR count). The molecule has 12 aromatic rings. The lowest BCUT2D eigenvalue weighted by molar-refractivity contribution is 1.23. The maximum Gasteiger partial charge on any atom is 0.0702 e. The van der Waals surface area contributed by atoms with Crippen LogP contribution in [0.25, 0.3) is 51.1 Å². The van der Waals surface area contributed by atoms with E-state index in [4.69, 9.17) is 0 Å². The first kappa shape index (κ1) is 37.1. The van der Waals surface area contributed by atoms with Gasteiger partial charge < -0.3 is 14.7 Å². The van der Waals surface area contributed by atoms with Crippen LogP contribution in [-0.2, 0) is 0 Å². The van der Waals surface area contributed by atoms with Crippen molar-refractivity contribution in [1.29, 1.82) is 0 Å². The minimum Gasteiger partial charge on any atom is -0.310 e. The molecule has 0 bridgehead atoms. The van der Waals surface area contributed by atoms with E-state index in [0.29, 0.717) is 0 Å². The van der Waals surface area contributed by atoms with Crippen LogP contribution in [0.4, 0.5) is 51.2 Å². The Balaban J connectivity index is 1.03. The molecule has 0 aliphatic carbocycles. The van der Waals surface area contributed by atoms with Crippen LogP contribution in [0.3, 0.4) is 0 Å². The van der Waals surface area contributed by atoms with Crippen molar-refractivity contribution >= 4 is 125 Å². The van der Waals surface area contributed by atoms with Gasteiger partial charge in [-0.15, -0.1) is 22.7 Å². The number of hydrogen-bond donors (Lipinski definition) is 0. The summed E-state index contributed by atoms with van der Waals surface area (Å²) in [4.78, 5) is 7.20. The fraction of sp³-hybridized carbons (Fsp3) is 0. The van der Waals surface area contributed by atoms with E-state index in [1.165, 1.54) is 51.1 Å². The maximum atomic E-state index is 2.44. The van der Waals surface area contributed by atoms with E-state index in [1.807, 2.05) is 22.7 Å². The van der Waals surface area contributed by atoms with Crippen molar-refractivity contribution in [2.45, 2.75) is 0 Å². The molecule has 63 heavy (non-hydrogen) atoms. The first-order chi connectivity index (χ1) is 31.2. The molecule has 0 aliphatic heterocycles. The second kappa shape index (κ2) is 15.6. The van der Waals surface area contributed by atoms with Gasteiger partial charge in [-0.1, -0.05) is 127 Å². The zero-order valence-electron chi connectivity index (χ0n) is 34.2. The second-order valence-electron chi connectivity index (χ2n) is 15.8. The Bertz CT molecular complexity index is 3560. The van der Waals surface area contributed by atoms with Gasteiger partial charge in [0.05, 0.1) is 11.4 Å². The first-order valence-corrected chi connectivity index (χ1v) is 22.9. The number of anilines is 9. The minimum absolute atomic E-state index is 1.08. The standard InChI is InChI=1S/C58H39N3S2/c1-4-18-42(19-5-1)59(43-20-6-2-7-21-43)47-30-33-50-51-34-31-48(39-58(51)63-57(50)38-47)60(44-22-8-3-9-23-44)53-25-13-14-26-54(53)61(45-29-28-40-16-10-11-17-41(40)36-45)46-32-35-56-52(37-46)49-24-12-15-27-55(49)62-56/h1-39H. The summed E-state index contributed by atoms with van der Waals surface area (Å²) in [5.41, 5.74) is 9.95. The number of benzene rings is 10. The SMILES string of the molecule is c1ccc(N(c2ccccc2)c2ccc3c(c2)sc2cc(N(c4ccccc4)c4ccccc4N(c4ccc5ccccc5c4)c4ccc5sc6ccccc6c5c4)ccc23)cc1. The Morgan fingerprint density at radius 1 is 0.222 bits per heavy atom. The molecule has 0 fully saturated rings. The van der Waals surface area contributed by atoms with E-state index in [2.05, 4.69) is 251 Å². The second-order valence-corrected chi connectivity index (χ2v) is 17.9. The Labute approximate surface area is 374 Å². The van der Waals surface area contributed by atoms with Crippen LogP contribution in [0, 0.1) is 0 Å². The highest BCUT2D eigenvalue weighted by Gasteiger charge is 2.24. The Morgan fingerprint density at radius 2 is 0.635 bits per heavy atom. The molecule has 298 valence electrons. The Kier molecular flexibility index (Phi) is 9.21. The van der Waals surface area contributed by atoms with Crippen LogP contribution >= 0.6 is 22.7 Å². The Hall–Kier alpha value is -7.70. The fourth-order valence-electron chi connectivity index (χ4n) is 9.08. The van der Waals surface area contributed by atoms with E-state index >= 15 is 0 Å². The number of para-hydroxylation sites is 5. The van der Waals surface area contributed by atoms with Crippen LogP contribution in [0.1, 0.15) is 0 Å². The van der Waals surface area contributed by atoms with Gasteiger partial charge >= 0.3 is 0 Å².